The molecule has 2 aromatic heterocycles. The zero-order valence-corrected chi connectivity index (χ0v) is 20.6. The topological polar surface area (TPSA) is 82.4 Å². The molecule has 7 heteroatoms. The lowest BCUT2D eigenvalue weighted by molar-refractivity contribution is -0.132. The molecule has 1 amide bonds. The van der Waals surface area contributed by atoms with Crippen molar-refractivity contribution in [2.24, 2.45) is 0 Å². The quantitative estimate of drug-likeness (QED) is 0.697. The number of rotatable bonds is 3. The first-order chi connectivity index (χ1) is 15.8. The van der Waals surface area contributed by atoms with Crippen LogP contribution < -0.4 is 4.90 Å². The Morgan fingerprint density at radius 1 is 1.24 bits per heavy atom. The Hall–Kier alpha value is -2.98. The van der Waals surface area contributed by atoms with Gasteiger partial charge in [-0.05, 0) is 49.6 Å². The number of nitrogens with zero attached hydrogens (tertiary/aromatic N) is 5. The molecule has 4 rings (SSSR count). The predicted molar refractivity (Wildman–Crippen MR) is 131 cm³/mol. The molecule has 0 aromatic carbocycles. The molecule has 0 bridgehead atoms. The number of pyridine rings is 2. The van der Waals surface area contributed by atoms with Gasteiger partial charge in [-0.15, -0.1) is 0 Å². The van der Waals surface area contributed by atoms with E-state index in [1.54, 1.807) is 12.4 Å². The van der Waals surface area contributed by atoms with Gasteiger partial charge in [-0.2, -0.15) is 0 Å². The molecule has 33 heavy (non-hydrogen) atoms. The number of nitriles is 1. The first kappa shape index (κ1) is 26.3. The molecule has 2 aliphatic heterocycles. The zero-order valence-electron chi connectivity index (χ0n) is 20.6. The van der Waals surface area contributed by atoms with Gasteiger partial charge in [-0.3, -0.25) is 9.78 Å². The molecule has 7 nitrogen and oxygen atoms in total. The number of hydrogen-bond donors (Lipinski definition) is 0. The highest BCUT2D eigenvalue weighted by atomic mass is 16.5. The van der Waals surface area contributed by atoms with E-state index in [1.165, 1.54) is 17.5 Å². The van der Waals surface area contributed by atoms with E-state index in [-0.39, 0.29) is 17.6 Å². The summed E-state index contributed by atoms with van der Waals surface area (Å²) in [5.41, 5.74) is 3.34. The summed E-state index contributed by atoms with van der Waals surface area (Å²) in [5, 5.41) is 6.50. The molecular weight excluding hydrogens is 414 g/mol. The van der Waals surface area contributed by atoms with Gasteiger partial charge in [0.25, 0.3) is 0 Å². The molecule has 0 saturated carbocycles. The van der Waals surface area contributed by atoms with Crippen molar-refractivity contribution < 1.29 is 9.53 Å². The Balaban J connectivity index is 0.000000714. The number of piperazine rings is 1. The molecule has 0 unspecified atom stereocenters. The molecule has 0 radical (unpaired) electrons. The van der Waals surface area contributed by atoms with Crippen LogP contribution in [0.5, 0.6) is 0 Å². The summed E-state index contributed by atoms with van der Waals surface area (Å²) in [6.07, 6.45) is 8.00. The number of anilines is 1. The van der Waals surface area contributed by atoms with E-state index in [1.807, 2.05) is 23.2 Å². The van der Waals surface area contributed by atoms with Crippen molar-refractivity contribution >= 4 is 11.7 Å². The standard InChI is InChI=1S/C22H28N4O2.C3H8.CHN/c1-16-14-25(7-8-26(16)21(27)9-17-5-4-6-23-12-17)20-10-18-11-22(2,3)28-15-19(18)13-24-20;1-3-2;1-2/h4-6,10,12-13,16H,7-9,11,14-15H2,1-3H3;3H2,1-2H3;1H/t16-;;/m1../s1. The molecule has 1 fully saturated rings. The van der Waals surface area contributed by atoms with E-state index < -0.39 is 0 Å². The van der Waals surface area contributed by atoms with Crippen molar-refractivity contribution in [1.29, 1.82) is 5.26 Å². The molecule has 4 heterocycles. The van der Waals surface area contributed by atoms with Crippen molar-refractivity contribution in [2.45, 2.75) is 72.1 Å². The normalized spacial score (nSPS) is 18.7. The molecule has 1 saturated heterocycles. The van der Waals surface area contributed by atoms with Crippen molar-refractivity contribution in [1.82, 2.24) is 14.9 Å². The highest BCUT2D eigenvalue weighted by Crippen LogP contribution is 2.30. The molecule has 0 aliphatic carbocycles. The summed E-state index contributed by atoms with van der Waals surface area (Å²) < 4.78 is 5.88. The van der Waals surface area contributed by atoms with E-state index in [2.05, 4.69) is 62.1 Å². The number of fused-ring (bicyclic) bond motifs is 1. The highest BCUT2D eigenvalue weighted by molar-refractivity contribution is 5.79. The van der Waals surface area contributed by atoms with Gasteiger partial charge in [0.05, 0.1) is 18.6 Å². The number of carbonyl (C=O) groups is 1. The van der Waals surface area contributed by atoms with E-state index >= 15 is 0 Å². The number of amides is 1. The van der Waals surface area contributed by atoms with Crippen molar-refractivity contribution in [3.63, 3.8) is 0 Å². The monoisotopic (exact) mass is 451 g/mol. The molecule has 1 atom stereocenters. The third kappa shape index (κ3) is 7.26. The zero-order chi connectivity index (χ0) is 24.4. The molecule has 178 valence electrons. The average molecular weight is 452 g/mol. The number of aromatic nitrogens is 2. The van der Waals surface area contributed by atoms with Gasteiger partial charge >= 0.3 is 0 Å². The minimum absolute atomic E-state index is 0.129. The van der Waals surface area contributed by atoms with Crippen LogP contribution >= 0.6 is 0 Å². The van der Waals surface area contributed by atoms with E-state index in [9.17, 15) is 4.79 Å². The van der Waals surface area contributed by atoms with Crippen LogP contribution in [0.25, 0.3) is 0 Å². The maximum atomic E-state index is 12.7. The van der Waals surface area contributed by atoms with Crippen LogP contribution in [-0.2, 0) is 29.0 Å². The van der Waals surface area contributed by atoms with Crippen LogP contribution in [0.4, 0.5) is 5.82 Å². The lowest BCUT2D eigenvalue weighted by Crippen LogP contribution is -2.54. The van der Waals surface area contributed by atoms with E-state index in [4.69, 9.17) is 10.00 Å². The lowest BCUT2D eigenvalue weighted by atomic mass is 9.93. The molecule has 2 aliphatic rings. The average Bonchev–Trinajstić information content (AvgIpc) is 2.80. The summed E-state index contributed by atoms with van der Waals surface area (Å²) in [7, 11) is 0. The van der Waals surface area contributed by atoms with Crippen LogP contribution in [0.2, 0.25) is 0 Å². The van der Waals surface area contributed by atoms with Crippen molar-refractivity contribution in [3.8, 4) is 6.57 Å². The Labute approximate surface area is 198 Å². The Bertz CT molecular complexity index is 913. The number of hydrogen-bond acceptors (Lipinski definition) is 6. The first-order valence-electron chi connectivity index (χ1n) is 11.6. The smallest absolute Gasteiger partial charge is 0.227 e. The van der Waals surface area contributed by atoms with Gasteiger partial charge < -0.3 is 14.5 Å². The Morgan fingerprint density at radius 3 is 2.61 bits per heavy atom. The number of carbonyl (C=O) groups excluding carboxylic acids is 1. The molecule has 0 N–H and O–H groups in total. The Kier molecular flexibility index (Phi) is 9.80. The third-order valence-corrected chi connectivity index (χ3v) is 5.65. The van der Waals surface area contributed by atoms with Crippen LogP contribution in [0, 0.1) is 11.8 Å². The summed E-state index contributed by atoms with van der Waals surface area (Å²) in [6.45, 7) is 17.1. The fourth-order valence-corrected chi connectivity index (χ4v) is 4.08. The first-order valence-corrected chi connectivity index (χ1v) is 11.6. The SMILES string of the molecule is C#N.CCC.C[C@@H]1CN(c2cc3c(cn2)COC(C)(C)C3)CCN1C(=O)Cc1cccnc1. The summed E-state index contributed by atoms with van der Waals surface area (Å²) in [5.74, 6) is 1.17. The number of ether oxygens (including phenoxy) is 1. The Morgan fingerprint density at radius 2 is 1.97 bits per heavy atom. The van der Waals surface area contributed by atoms with E-state index in [0.717, 1.165) is 30.9 Å². The predicted octanol–water partition coefficient (Wildman–Crippen LogP) is 4.16. The minimum atomic E-state index is -0.129. The van der Waals surface area contributed by atoms with Gasteiger partial charge in [-0.1, -0.05) is 26.3 Å². The van der Waals surface area contributed by atoms with Crippen LogP contribution in [0.15, 0.2) is 36.8 Å². The van der Waals surface area contributed by atoms with E-state index in [0.29, 0.717) is 19.6 Å². The second-order valence-corrected chi connectivity index (χ2v) is 9.16. The van der Waals surface area contributed by atoms with Crippen LogP contribution in [-0.4, -0.2) is 52.1 Å². The maximum absolute atomic E-state index is 12.7. The van der Waals surface area contributed by atoms with Gasteiger partial charge in [0.1, 0.15) is 5.82 Å². The van der Waals surface area contributed by atoms with Gasteiger partial charge in [0.15, 0.2) is 0 Å². The van der Waals surface area contributed by atoms with Crippen molar-refractivity contribution in [3.05, 3.63) is 53.5 Å². The molecular formula is C26H37N5O2. The fraction of sp³-hybridized carbons (Fsp3) is 0.538. The summed E-state index contributed by atoms with van der Waals surface area (Å²) in [4.78, 5) is 25.8. The lowest BCUT2D eigenvalue weighted by Gasteiger charge is -2.41. The van der Waals surface area contributed by atoms with Gasteiger partial charge in [0, 0.05) is 57.3 Å². The summed E-state index contributed by atoms with van der Waals surface area (Å²) >= 11 is 0. The third-order valence-electron chi connectivity index (χ3n) is 5.65. The van der Waals surface area contributed by atoms with Crippen molar-refractivity contribution in [2.75, 3.05) is 24.5 Å². The van der Waals surface area contributed by atoms with Crippen LogP contribution in [0.1, 0.15) is 57.7 Å². The largest absolute Gasteiger partial charge is 0.370 e. The molecule has 2 aromatic rings. The highest BCUT2D eigenvalue weighted by Gasteiger charge is 2.30. The fourth-order valence-electron chi connectivity index (χ4n) is 4.08. The summed E-state index contributed by atoms with van der Waals surface area (Å²) in [6, 6.07) is 6.18. The minimum Gasteiger partial charge on any atom is -0.370 e. The second-order valence-electron chi connectivity index (χ2n) is 9.16. The molecule has 0 spiro atoms. The van der Waals surface area contributed by atoms with Gasteiger partial charge in [0.2, 0.25) is 5.91 Å². The second kappa shape index (κ2) is 12.3. The maximum Gasteiger partial charge on any atom is 0.227 e. The van der Waals surface area contributed by atoms with Crippen LogP contribution in [0.3, 0.4) is 0 Å². The van der Waals surface area contributed by atoms with Gasteiger partial charge in [-0.25, -0.2) is 10.2 Å².